The first-order valence-electron chi connectivity index (χ1n) is 8.13. The van der Waals surface area contributed by atoms with Crippen LogP contribution in [0.1, 0.15) is 12.5 Å². The van der Waals surface area contributed by atoms with E-state index in [2.05, 4.69) is 70.3 Å². The Balaban J connectivity index is 0.00000288. The van der Waals surface area contributed by atoms with Crippen molar-refractivity contribution in [2.75, 3.05) is 46.9 Å². The Labute approximate surface area is 171 Å². The number of nitrogens with one attached hydrogen (secondary N) is 1. The standard InChI is InChI=1S/C17H27BrN4O.HI/c1-4-19-17(20-11-15-13-21(2)9-10-23-15)22(3)12-14-7-5-6-8-16(14)18;/h5-8,15H,4,9-13H2,1-3H3,(H,19,20);1H. The summed E-state index contributed by atoms with van der Waals surface area (Å²) in [6.07, 6.45) is 0.180. The van der Waals surface area contributed by atoms with Gasteiger partial charge < -0.3 is 19.9 Å². The third-order valence-electron chi connectivity index (χ3n) is 3.85. The molecule has 1 aromatic rings. The Kier molecular flexibility index (Phi) is 10.2. The molecule has 0 radical (unpaired) electrons. The lowest BCUT2D eigenvalue weighted by Crippen LogP contribution is -2.43. The predicted octanol–water partition coefficient (Wildman–Crippen LogP) is 2.80. The Morgan fingerprint density at radius 3 is 2.88 bits per heavy atom. The van der Waals surface area contributed by atoms with Crippen LogP contribution in [0.25, 0.3) is 0 Å². The van der Waals surface area contributed by atoms with Crippen molar-refractivity contribution in [3.8, 4) is 0 Å². The summed E-state index contributed by atoms with van der Waals surface area (Å²) >= 11 is 3.61. The SMILES string of the molecule is CCNC(=NCC1CN(C)CCO1)N(C)Cc1ccccc1Br.I. The largest absolute Gasteiger partial charge is 0.374 e. The van der Waals surface area contributed by atoms with Crippen LogP contribution in [-0.2, 0) is 11.3 Å². The lowest BCUT2D eigenvalue weighted by molar-refractivity contribution is -0.0137. The van der Waals surface area contributed by atoms with Crippen LogP contribution in [0.2, 0.25) is 0 Å². The summed E-state index contributed by atoms with van der Waals surface area (Å²) in [5.41, 5.74) is 1.24. The van der Waals surface area contributed by atoms with Crippen molar-refractivity contribution in [3.05, 3.63) is 34.3 Å². The first-order chi connectivity index (χ1) is 11.1. The van der Waals surface area contributed by atoms with Gasteiger partial charge in [0, 0.05) is 37.7 Å². The average Bonchev–Trinajstić information content (AvgIpc) is 2.53. The van der Waals surface area contributed by atoms with E-state index in [1.54, 1.807) is 0 Å². The van der Waals surface area contributed by atoms with E-state index in [0.29, 0.717) is 6.54 Å². The van der Waals surface area contributed by atoms with Gasteiger partial charge in [0.25, 0.3) is 0 Å². The second-order valence-electron chi connectivity index (χ2n) is 5.90. The fraction of sp³-hybridized carbons (Fsp3) is 0.588. The third kappa shape index (κ3) is 6.85. The molecule has 1 fully saturated rings. The molecule has 5 nitrogen and oxygen atoms in total. The first kappa shape index (κ1) is 21.7. The quantitative estimate of drug-likeness (QED) is 0.375. The van der Waals surface area contributed by atoms with Crippen LogP contribution in [0.5, 0.6) is 0 Å². The molecule has 0 amide bonds. The van der Waals surface area contributed by atoms with Crippen molar-refractivity contribution in [3.63, 3.8) is 0 Å². The summed E-state index contributed by atoms with van der Waals surface area (Å²) in [5, 5.41) is 3.36. The molecular formula is C17H28BrIN4O. The molecule has 0 spiro atoms. The molecule has 7 heteroatoms. The zero-order valence-corrected chi connectivity index (χ0v) is 18.6. The van der Waals surface area contributed by atoms with E-state index in [1.807, 2.05) is 6.07 Å². The van der Waals surface area contributed by atoms with Gasteiger partial charge in [-0.15, -0.1) is 24.0 Å². The van der Waals surface area contributed by atoms with Crippen LogP contribution in [-0.4, -0.2) is 68.7 Å². The molecular weight excluding hydrogens is 483 g/mol. The molecule has 1 aliphatic heterocycles. The molecule has 1 heterocycles. The number of rotatable bonds is 5. The van der Waals surface area contributed by atoms with E-state index in [4.69, 9.17) is 9.73 Å². The number of guanidine groups is 1. The lowest BCUT2D eigenvalue weighted by Gasteiger charge is -2.29. The maximum atomic E-state index is 5.79. The molecule has 2 rings (SSSR count). The molecule has 1 unspecified atom stereocenters. The van der Waals surface area contributed by atoms with E-state index in [1.165, 1.54) is 5.56 Å². The molecule has 0 bridgehead atoms. The van der Waals surface area contributed by atoms with Gasteiger partial charge in [-0.25, -0.2) is 0 Å². The van der Waals surface area contributed by atoms with Crippen LogP contribution in [0.4, 0.5) is 0 Å². The minimum atomic E-state index is 0. The number of benzene rings is 1. The summed E-state index contributed by atoms with van der Waals surface area (Å²) in [5.74, 6) is 0.917. The third-order valence-corrected chi connectivity index (χ3v) is 4.62. The second kappa shape index (κ2) is 11.3. The van der Waals surface area contributed by atoms with E-state index < -0.39 is 0 Å². The molecule has 24 heavy (non-hydrogen) atoms. The van der Waals surface area contributed by atoms with E-state index >= 15 is 0 Å². The van der Waals surface area contributed by atoms with Gasteiger partial charge in [0.1, 0.15) is 0 Å². The summed E-state index contributed by atoms with van der Waals surface area (Å²) in [4.78, 5) is 9.20. The number of nitrogens with zero attached hydrogens (tertiary/aromatic N) is 3. The number of aliphatic imine (C=N–C) groups is 1. The molecule has 136 valence electrons. The van der Waals surface area contributed by atoms with Crippen LogP contribution in [0.3, 0.4) is 0 Å². The maximum absolute atomic E-state index is 5.79. The molecule has 0 aliphatic carbocycles. The number of likely N-dealkylation sites (N-methyl/N-ethyl adjacent to an activating group) is 1. The number of halogens is 2. The lowest BCUT2D eigenvalue weighted by atomic mass is 10.2. The van der Waals surface area contributed by atoms with E-state index in [9.17, 15) is 0 Å². The minimum Gasteiger partial charge on any atom is -0.374 e. The normalized spacial score (nSPS) is 18.8. The topological polar surface area (TPSA) is 40.1 Å². The predicted molar refractivity (Wildman–Crippen MR) is 114 cm³/mol. The molecule has 0 aromatic heterocycles. The molecule has 1 aromatic carbocycles. The highest BCUT2D eigenvalue weighted by Crippen LogP contribution is 2.17. The highest BCUT2D eigenvalue weighted by molar-refractivity contribution is 14.0. The number of hydrogen-bond acceptors (Lipinski definition) is 3. The summed E-state index contributed by atoms with van der Waals surface area (Å²) in [6.45, 7) is 7.17. The Morgan fingerprint density at radius 2 is 2.21 bits per heavy atom. The fourth-order valence-corrected chi connectivity index (χ4v) is 3.00. The average molecular weight is 511 g/mol. The second-order valence-corrected chi connectivity index (χ2v) is 6.75. The zero-order chi connectivity index (χ0) is 16.7. The summed E-state index contributed by atoms with van der Waals surface area (Å²) in [7, 11) is 4.19. The Hall–Kier alpha value is -0.380. The summed E-state index contributed by atoms with van der Waals surface area (Å²) < 4.78 is 6.92. The molecule has 1 aliphatic rings. The van der Waals surface area contributed by atoms with Gasteiger partial charge in [-0.1, -0.05) is 34.1 Å². The van der Waals surface area contributed by atoms with Crippen molar-refractivity contribution in [2.24, 2.45) is 4.99 Å². The van der Waals surface area contributed by atoms with Gasteiger partial charge in [0.15, 0.2) is 5.96 Å². The first-order valence-corrected chi connectivity index (χ1v) is 8.92. The van der Waals surface area contributed by atoms with Crippen LogP contribution in [0, 0.1) is 0 Å². The van der Waals surface area contributed by atoms with Gasteiger partial charge in [-0.05, 0) is 25.6 Å². The molecule has 1 N–H and O–H groups in total. The maximum Gasteiger partial charge on any atom is 0.194 e. The van der Waals surface area contributed by atoms with Gasteiger partial charge in [0.2, 0.25) is 0 Å². The van der Waals surface area contributed by atoms with Gasteiger partial charge in [-0.3, -0.25) is 4.99 Å². The smallest absolute Gasteiger partial charge is 0.194 e. The van der Waals surface area contributed by atoms with Crippen LogP contribution in [0.15, 0.2) is 33.7 Å². The van der Waals surface area contributed by atoms with Crippen LogP contribution >= 0.6 is 39.9 Å². The van der Waals surface area contributed by atoms with E-state index in [-0.39, 0.29) is 30.1 Å². The zero-order valence-electron chi connectivity index (χ0n) is 14.7. The van der Waals surface area contributed by atoms with Crippen molar-refractivity contribution in [1.29, 1.82) is 0 Å². The van der Waals surface area contributed by atoms with Gasteiger partial charge in [0.05, 0.1) is 19.3 Å². The molecule has 0 saturated carbocycles. The van der Waals surface area contributed by atoms with Crippen molar-refractivity contribution in [2.45, 2.75) is 19.6 Å². The van der Waals surface area contributed by atoms with Crippen molar-refractivity contribution in [1.82, 2.24) is 15.1 Å². The Morgan fingerprint density at radius 1 is 1.46 bits per heavy atom. The highest BCUT2D eigenvalue weighted by Gasteiger charge is 2.18. The van der Waals surface area contributed by atoms with Gasteiger partial charge in [-0.2, -0.15) is 0 Å². The molecule has 1 saturated heterocycles. The fourth-order valence-electron chi connectivity index (χ4n) is 2.59. The summed E-state index contributed by atoms with van der Waals surface area (Å²) in [6, 6.07) is 8.29. The number of ether oxygens (including phenoxy) is 1. The highest BCUT2D eigenvalue weighted by atomic mass is 127. The number of morpholine rings is 1. The number of hydrogen-bond donors (Lipinski definition) is 1. The minimum absolute atomic E-state index is 0. The van der Waals surface area contributed by atoms with E-state index in [0.717, 1.165) is 43.2 Å². The monoisotopic (exact) mass is 510 g/mol. The van der Waals surface area contributed by atoms with Gasteiger partial charge >= 0.3 is 0 Å². The van der Waals surface area contributed by atoms with Crippen molar-refractivity contribution >= 4 is 45.9 Å². The van der Waals surface area contributed by atoms with Crippen molar-refractivity contribution < 1.29 is 4.74 Å². The Bertz CT molecular complexity index is 529. The molecule has 1 atom stereocenters. The van der Waals surface area contributed by atoms with Crippen LogP contribution < -0.4 is 5.32 Å².